The van der Waals surface area contributed by atoms with Gasteiger partial charge in [0.2, 0.25) is 5.78 Å². The molecule has 0 bridgehead atoms. The van der Waals surface area contributed by atoms with E-state index in [4.69, 9.17) is 16.7 Å². The van der Waals surface area contributed by atoms with Crippen molar-refractivity contribution in [2.45, 2.75) is 13.0 Å². The highest BCUT2D eigenvalue weighted by molar-refractivity contribution is 6.37. The molecule has 0 aliphatic heterocycles. The number of hydrogen-bond donors (Lipinski definition) is 1. The quantitative estimate of drug-likeness (QED) is 0.481. The van der Waals surface area contributed by atoms with Crippen LogP contribution in [0.1, 0.15) is 17.7 Å². The lowest BCUT2D eigenvalue weighted by molar-refractivity contribution is -0.149. The van der Waals surface area contributed by atoms with Crippen LogP contribution in [0.2, 0.25) is 5.02 Å². The molecular weight excluding hydrogens is 318 g/mol. The van der Waals surface area contributed by atoms with E-state index in [-0.39, 0.29) is 0 Å². The zero-order chi connectivity index (χ0) is 16.8. The Morgan fingerprint density at radius 2 is 1.83 bits per heavy atom. The van der Waals surface area contributed by atoms with Crippen LogP contribution in [0.15, 0.2) is 48.7 Å². The Kier molecular flexibility index (Phi) is 5.49. The van der Waals surface area contributed by atoms with Gasteiger partial charge in [-0.25, -0.2) is 4.79 Å². The van der Waals surface area contributed by atoms with Gasteiger partial charge >= 0.3 is 5.97 Å². The van der Waals surface area contributed by atoms with Gasteiger partial charge in [-0.3, -0.25) is 9.59 Å². The van der Waals surface area contributed by atoms with Crippen molar-refractivity contribution < 1.29 is 19.5 Å². The summed E-state index contributed by atoms with van der Waals surface area (Å²) in [6.07, 6.45) is 4.01. The van der Waals surface area contributed by atoms with Crippen LogP contribution in [0, 0.1) is 0 Å². The Morgan fingerprint density at radius 1 is 1.13 bits per heavy atom. The number of nitrogens with zero attached hydrogens (tertiary/aromatic N) is 1. The number of benzene rings is 1. The molecule has 118 valence electrons. The highest BCUT2D eigenvalue weighted by Crippen LogP contribution is 2.13. The number of carboxylic acids is 1. The summed E-state index contributed by atoms with van der Waals surface area (Å²) in [4.78, 5) is 33.0. The molecule has 1 N–H and O–H groups in total. The van der Waals surface area contributed by atoms with Crippen molar-refractivity contribution in [3.05, 3.63) is 65.0 Å². The molecule has 0 spiro atoms. The molecule has 0 aliphatic carbocycles. The second-order valence-electron chi connectivity index (χ2n) is 4.89. The molecule has 2 aromatic rings. The lowest BCUT2D eigenvalue weighted by Crippen LogP contribution is -2.15. The lowest BCUT2D eigenvalue weighted by Gasteiger charge is -2.06. The van der Waals surface area contributed by atoms with Gasteiger partial charge in [0, 0.05) is 23.5 Å². The van der Waals surface area contributed by atoms with E-state index in [0.29, 0.717) is 11.6 Å². The summed E-state index contributed by atoms with van der Waals surface area (Å²) in [7, 11) is 0. The van der Waals surface area contributed by atoms with Crippen LogP contribution < -0.4 is 0 Å². The summed E-state index contributed by atoms with van der Waals surface area (Å²) in [5.74, 6) is -3.26. The Balaban J connectivity index is 2.04. The lowest BCUT2D eigenvalue weighted by atomic mass is 10.2. The molecule has 1 aromatic heterocycles. The van der Waals surface area contributed by atoms with Crippen molar-refractivity contribution in [1.29, 1.82) is 0 Å². The van der Waals surface area contributed by atoms with Crippen LogP contribution in [-0.4, -0.2) is 27.2 Å². The minimum atomic E-state index is -1.60. The van der Waals surface area contributed by atoms with Gasteiger partial charge in [0.05, 0.1) is 6.42 Å². The number of carbonyl (C=O) groups is 3. The minimum Gasteiger partial charge on any atom is -0.475 e. The fourth-order valence-corrected chi connectivity index (χ4v) is 2.11. The first-order valence-corrected chi connectivity index (χ1v) is 7.20. The third-order valence-corrected chi connectivity index (χ3v) is 3.40. The van der Waals surface area contributed by atoms with E-state index in [1.807, 2.05) is 35.0 Å². The van der Waals surface area contributed by atoms with Crippen LogP contribution in [0.5, 0.6) is 0 Å². The van der Waals surface area contributed by atoms with Crippen LogP contribution in [0.4, 0.5) is 0 Å². The second-order valence-corrected chi connectivity index (χ2v) is 5.33. The van der Waals surface area contributed by atoms with Gasteiger partial charge in [-0.05, 0) is 42.0 Å². The normalized spacial score (nSPS) is 10.8. The van der Waals surface area contributed by atoms with Crippen LogP contribution in [0.25, 0.3) is 6.08 Å². The first-order chi connectivity index (χ1) is 11.0. The van der Waals surface area contributed by atoms with Crippen LogP contribution in [0.3, 0.4) is 0 Å². The number of halogens is 1. The molecule has 0 atom stereocenters. The van der Waals surface area contributed by atoms with Crippen molar-refractivity contribution in [1.82, 2.24) is 4.57 Å². The van der Waals surface area contributed by atoms with Gasteiger partial charge in [0.25, 0.3) is 0 Å². The predicted molar refractivity (Wildman–Crippen MR) is 86.3 cm³/mol. The molecule has 23 heavy (non-hydrogen) atoms. The van der Waals surface area contributed by atoms with E-state index in [2.05, 4.69) is 0 Å². The maximum Gasteiger partial charge on any atom is 0.372 e. The van der Waals surface area contributed by atoms with E-state index >= 15 is 0 Å². The van der Waals surface area contributed by atoms with Gasteiger partial charge in [-0.1, -0.05) is 23.7 Å². The molecule has 1 heterocycles. The maximum absolute atomic E-state index is 11.6. The molecule has 0 unspecified atom stereocenters. The maximum atomic E-state index is 11.6. The average Bonchev–Trinajstić information content (AvgIpc) is 2.94. The number of aromatic nitrogens is 1. The Morgan fingerprint density at radius 3 is 2.48 bits per heavy atom. The zero-order valence-corrected chi connectivity index (χ0v) is 12.9. The highest BCUT2D eigenvalue weighted by atomic mass is 35.5. The van der Waals surface area contributed by atoms with Crippen molar-refractivity contribution in [2.75, 3.05) is 0 Å². The van der Waals surface area contributed by atoms with Crippen molar-refractivity contribution in [2.24, 2.45) is 0 Å². The van der Waals surface area contributed by atoms with Crippen molar-refractivity contribution in [3.8, 4) is 0 Å². The van der Waals surface area contributed by atoms with E-state index in [9.17, 15) is 14.4 Å². The highest BCUT2D eigenvalue weighted by Gasteiger charge is 2.14. The van der Waals surface area contributed by atoms with Crippen LogP contribution in [-0.2, 0) is 20.9 Å². The van der Waals surface area contributed by atoms with Gasteiger partial charge in [-0.2, -0.15) is 0 Å². The summed E-state index contributed by atoms with van der Waals surface area (Å²) >= 11 is 5.85. The van der Waals surface area contributed by atoms with Gasteiger partial charge in [-0.15, -0.1) is 0 Å². The number of carboxylic acid groups (broad SMARTS) is 1. The van der Waals surface area contributed by atoms with E-state index in [0.717, 1.165) is 11.3 Å². The standard InChI is InChI=1S/C17H14ClNO4/c18-13-5-3-12(4-6-13)11-19-9-1-2-14(19)7-8-15(20)10-16(21)17(22)23/h1-9H,10-11H2,(H,22,23)/b8-7+. The molecule has 0 saturated carbocycles. The average molecular weight is 332 g/mol. The summed E-state index contributed by atoms with van der Waals surface area (Å²) in [5.41, 5.74) is 1.82. The van der Waals surface area contributed by atoms with Gasteiger partial charge in [0.1, 0.15) is 0 Å². The Labute approximate surface area is 137 Å². The number of hydrogen-bond acceptors (Lipinski definition) is 3. The largest absolute Gasteiger partial charge is 0.475 e. The number of carbonyl (C=O) groups excluding carboxylic acids is 2. The third kappa shape index (κ3) is 4.93. The number of ketones is 2. The number of Topliss-reactive ketones (excluding diaryl/α,β-unsaturated/α-hetero) is 1. The third-order valence-electron chi connectivity index (χ3n) is 3.14. The molecule has 0 aliphatic rings. The van der Waals surface area contributed by atoms with Crippen molar-refractivity contribution >= 4 is 35.2 Å². The zero-order valence-electron chi connectivity index (χ0n) is 12.1. The number of aliphatic carboxylic acids is 1. The first-order valence-electron chi connectivity index (χ1n) is 6.82. The Bertz CT molecular complexity index is 759. The summed E-state index contributed by atoms with van der Waals surface area (Å²) in [6.45, 7) is 0.603. The molecular formula is C17H14ClNO4. The second kappa shape index (κ2) is 7.56. The van der Waals surface area contributed by atoms with E-state index < -0.39 is 24.0 Å². The number of rotatable bonds is 7. The van der Waals surface area contributed by atoms with Gasteiger partial charge < -0.3 is 9.67 Å². The van der Waals surface area contributed by atoms with Crippen molar-refractivity contribution in [3.63, 3.8) is 0 Å². The SMILES string of the molecule is O=C(/C=C/c1cccn1Cc1ccc(Cl)cc1)CC(=O)C(=O)O. The Hall–Kier alpha value is -2.66. The van der Waals surface area contributed by atoms with E-state index in [1.54, 1.807) is 18.2 Å². The summed E-state index contributed by atoms with van der Waals surface area (Å²) in [5, 5.41) is 9.13. The minimum absolute atomic E-state index is 0.545. The summed E-state index contributed by atoms with van der Waals surface area (Å²) < 4.78 is 1.92. The molecule has 0 saturated heterocycles. The first kappa shape index (κ1) is 16.7. The van der Waals surface area contributed by atoms with Gasteiger partial charge in [0.15, 0.2) is 5.78 Å². The van der Waals surface area contributed by atoms with Crippen LogP contribution >= 0.6 is 11.6 Å². The molecule has 2 rings (SSSR count). The smallest absolute Gasteiger partial charge is 0.372 e. The molecule has 0 fully saturated rings. The van der Waals surface area contributed by atoms with E-state index in [1.165, 1.54) is 6.08 Å². The predicted octanol–water partition coefficient (Wildman–Crippen LogP) is 2.82. The fourth-order valence-electron chi connectivity index (χ4n) is 1.98. The topological polar surface area (TPSA) is 76.4 Å². The molecule has 5 nitrogen and oxygen atoms in total. The monoisotopic (exact) mass is 331 g/mol. The fraction of sp³-hybridized carbons (Fsp3) is 0.118. The molecule has 6 heteroatoms. The molecule has 0 radical (unpaired) electrons. The summed E-state index contributed by atoms with van der Waals surface area (Å²) in [6, 6.07) is 11.1. The molecule has 1 aromatic carbocycles. The molecule has 0 amide bonds. The number of allylic oxidation sites excluding steroid dienone is 1.